The molecule has 36 heavy (non-hydrogen) atoms. The van der Waals surface area contributed by atoms with Crippen LogP contribution in [0, 0.1) is 0 Å². The van der Waals surface area contributed by atoms with Crippen LogP contribution in [0.25, 0.3) is 0 Å². The van der Waals surface area contributed by atoms with Gasteiger partial charge in [-0.2, -0.15) is 0 Å². The normalized spacial score (nSPS) is 19.7. The Morgan fingerprint density at radius 2 is 1.89 bits per heavy atom. The van der Waals surface area contributed by atoms with Gasteiger partial charge in [0, 0.05) is 33.1 Å². The Morgan fingerprint density at radius 1 is 1.22 bits per heavy atom. The molecule has 0 aliphatic carbocycles. The number of hydrogen-bond donors (Lipinski definition) is 4. The zero-order chi connectivity index (χ0) is 26.3. The van der Waals surface area contributed by atoms with Crippen molar-refractivity contribution in [3.8, 4) is 0 Å². The Labute approximate surface area is 214 Å². The number of piperidine rings is 1. The first-order valence-corrected chi connectivity index (χ1v) is 12.9. The van der Waals surface area contributed by atoms with Crippen LogP contribution in [-0.2, 0) is 25.7 Å². The average Bonchev–Trinajstić information content (AvgIpc) is 3.06. The van der Waals surface area contributed by atoms with Crippen molar-refractivity contribution in [2.45, 2.75) is 61.7 Å². The van der Waals surface area contributed by atoms with Gasteiger partial charge >= 0.3 is 5.97 Å². The van der Waals surface area contributed by atoms with Crippen LogP contribution in [0.3, 0.4) is 0 Å². The van der Waals surface area contributed by atoms with Crippen LogP contribution in [-0.4, -0.2) is 80.4 Å². The summed E-state index contributed by atoms with van der Waals surface area (Å²) in [4.78, 5) is 56.5. The van der Waals surface area contributed by atoms with Crippen molar-refractivity contribution in [1.82, 2.24) is 15.1 Å². The number of nitrogens with two attached hydrogens (primary N) is 2. The molecule has 196 valence electrons. The molecule has 1 spiro atoms. The van der Waals surface area contributed by atoms with Gasteiger partial charge in [0.1, 0.15) is 6.04 Å². The van der Waals surface area contributed by atoms with Crippen LogP contribution in [0.2, 0.25) is 0 Å². The van der Waals surface area contributed by atoms with Crippen molar-refractivity contribution in [3.63, 3.8) is 0 Å². The summed E-state index contributed by atoms with van der Waals surface area (Å²) in [6, 6.07) is 8.90. The number of aliphatic carboxylic acids is 1. The minimum atomic E-state index is -1.01. The Morgan fingerprint density at radius 3 is 2.47 bits per heavy atom. The lowest BCUT2D eigenvalue weighted by atomic mass is 9.99. The number of amides is 3. The third kappa shape index (κ3) is 6.90. The molecule has 11 nitrogen and oxygen atoms in total. The summed E-state index contributed by atoms with van der Waals surface area (Å²) in [5.74, 6) is -1.70. The summed E-state index contributed by atoms with van der Waals surface area (Å²) in [5, 5.41) is 11.4. The SMILES string of the molecule is CC(=O)NC(CCCN=C(N)N)C(=O)N1CCC2(CC1)SC(CC(=O)O)C(=O)N2Cc1ccccc1. The molecule has 2 atom stereocenters. The van der Waals surface area contributed by atoms with E-state index in [4.69, 9.17) is 11.5 Å². The second-order valence-corrected chi connectivity index (χ2v) is 10.7. The van der Waals surface area contributed by atoms with Gasteiger partial charge < -0.3 is 31.7 Å². The fourth-order valence-electron chi connectivity index (χ4n) is 4.72. The Balaban J connectivity index is 1.71. The Kier molecular flexibility index (Phi) is 9.19. The molecule has 0 radical (unpaired) electrons. The highest BCUT2D eigenvalue weighted by Crippen LogP contribution is 2.49. The van der Waals surface area contributed by atoms with E-state index in [-0.39, 0.29) is 30.1 Å². The monoisotopic (exact) mass is 518 g/mol. The molecule has 2 aliphatic heterocycles. The standard InChI is InChI=1S/C24H34N6O5S/c1-16(31)28-18(8-5-11-27-23(25)26)21(34)29-12-9-24(10-13-29)30(15-17-6-3-2-4-7-17)22(35)19(36-24)14-20(32)33/h2-4,6-7,18-19H,5,8-15H2,1H3,(H,28,31)(H,32,33)(H4,25,26,27). The topological polar surface area (TPSA) is 171 Å². The van der Waals surface area contributed by atoms with Gasteiger partial charge in [0.2, 0.25) is 17.7 Å². The first-order valence-electron chi connectivity index (χ1n) is 12.0. The number of hydrogen-bond acceptors (Lipinski definition) is 6. The van der Waals surface area contributed by atoms with Crippen LogP contribution in [0.5, 0.6) is 0 Å². The second kappa shape index (κ2) is 12.1. The maximum Gasteiger partial charge on any atom is 0.305 e. The quantitative estimate of drug-likeness (QED) is 0.197. The third-order valence-corrected chi connectivity index (χ3v) is 8.14. The van der Waals surface area contributed by atoms with Crippen molar-refractivity contribution in [3.05, 3.63) is 35.9 Å². The molecule has 3 amide bonds. The predicted molar refractivity (Wildman–Crippen MR) is 137 cm³/mol. The van der Waals surface area contributed by atoms with Crippen molar-refractivity contribution >= 4 is 41.4 Å². The van der Waals surface area contributed by atoms with Crippen LogP contribution >= 0.6 is 11.8 Å². The van der Waals surface area contributed by atoms with Gasteiger partial charge in [-0.1, -0.05) is 30.3 Å². The van der Waals surface area contributed by atoms with Gasteiger partial charge in [0.25, 0.3) is 0 Å². The molecule has 2 fully saturated rings. The summed E-state index contributed by atoms with van der Waals surface area (Å²) >= 11 is 1.40. The van der Waals surface area contributed by atoms with Crippen molar-refractivity contribution < 1.29 is 24.3 Å². The average molecular weight is 519 g/mol. The number of benzene rings is 1. The number of thioether (sulfide) groups is 1. The molecule has 0 aromatic heterocycles. The molecule has 0 saturated carbocycles. The Bertz CT molecular complexity index is 992. The van der Waals surface area contributed by atoms with E-state index in [0.717, 1.165) is 5.56 Å². The predicted octanol–water partition coefficient (Wildman–Crippen LogP) is 0.482. The van der Waals surface area contributed by atoms with Crippen LogP contribution in [0.1, 0.15) is 44.6 Å². The molecule has 2 heterocycles. The van der Waals surface area contributed by atoms with Gasteiger partial charge in [-0.15, -0.1) is 11.8 Å². The number of carboxylic acid groups (broad SMARTS) is 1. The van der Waals surface area contributed by atoms with E-state index in [1.165, 1.54) is 18.7 Å². The van der Waals surface area contributed by atoms with E-state index >= 15 is 0 Å². The van der Waals surface area contributed by atoms with Crippen LogP contribution < -0.4 is 16.8 Å². The lowest BCUT2D eigenvalue weighted by Gasteiger charge is -2.44. The van der Waals surface area contributed by atoms with Gasteiger partial charge in [-0.3, -0.25) is 24.2 Å². The molecule has 1 aromatic rings. The van der Waals surface area contributed by atoms with Crippen molar-refractivity contribution in [2.24, 2.45) is 16.5 Å². The van der Waals surface area contributed by atoms with Crippen LogP contribution in [0.15, 0.2) is 35.3 Å². The van der Waals surface area contributed by atoms with E-state index in [1.807, 2.05) is 30.3 Å². The van der Waals surface area contributed by atoms with Crippen molar-refractivity contribution in [1.29, 1.82) is 0 Å². The molecular formula is C24H34N6O5S. The third-order valence-electron chi connectivity index (χ3n) is 6.42. The van der Waals surface area contributed by atoms with Gasteiger partial charge in [0.05, 0.1) is 16.5 Å². The molecule has 3 rings (SSSR count). The number of aliphatic imine (C=N–C) groups is 1. The maximum absolute atomic E-state index is 13.3. The summed E-state index contributed by atoms with van der Waals surface area (Å²) < 4.78 is 0. The summed E-state index contributed by atoms with van der Waals surface area (Å²) in [6.45, 7) is 2.90. The fraction of sp³-hybridized carbons (Fsp3) is 0.542. The van der Waals surface area contributed by atoms with E-state index in [2.05, 4.69) is 10.3 Å². The smallest absolute Gasteiger partial charge is 0.305 e. The lowest BCUT2D eigenvalue weighted by molar-refractivity contribution is -0.142. The minimum Gasteiger partial charge on any atom is -0.481 e. The summed E-state index contributed by atoms with van der Waals surface area (Å²) in [7, 11) is 0. The van der Waals surface area contributed by atoms with E-state index in [9.17, 15) is 24.3 Å². The lowest BCUT2D eigenvalue weighted by Crippen LogP contribution is -2.56. The van der Waals surface area contributed by atoms with Crippen molar-refractivity contribution in [2.75, 3.05) is 19.6 Å². The second-order valence-electron chi connectivity index (χ2n) is 9.09. The van der Waals surface area contributed by atoms with E-state index in [0.29, 0.717) is 51.9 Å². The van der Waals surface area contributed by atoms with Crippen LogP contribution in [0.4, 0.5) is 0 Å². The zero-order valence-electron chi connectivity index (χ0n) is 20.4. The van der Waals surface area contributed by atoms with Gasteiger partial charge in [-0.05, 0) is 31.2 Å². The number of guanidine groups is 1. The first-order chi connectivity index (χ1) is 17.1. The number of carbonyl (C=O) groups excluding carboxylic acids is 3. The number of carboxylic acids is 1. The molecule has 6 N–H and O–H groups in total. The molecule has 2 saturated heterocycles. The number of nitrogens with zero attached hydrogens (tertiary/aromatic N) is 3. The number of likely N-dealkylation sites (tertiary alicyclic amines) is 1. The Hall–Kier alpha value is -3.28. The zero-order valence-corrected chi connectivity index (χ0v) is 21.2. The highest BCUT2D eigenvalue weighted by atomic mass is 32.2. The maximum atomic E-state index is 13.3. The summed E-state index contributed by atoms with van der Waals surface area (Å²) in [6.07, 6.45) is 1.71. The summed E-state index contributed by atoms with van der Waals surface area (Å²) in [5.41, 5.74) is 11.7. The first kappa shape index (κ1) is 27.3. The largest absolute Gasteiger partial charge is 0.481 e. The minimum absolute atomic E-state index is 0.0244. The molecular weight excluding hydrogens is 484 g/mol. The van der Waals surface area contributed by atoms with Gasteiger partial charge in [0.15, 0.2) is 5.96 Å². The molecule has 0 bridgehead atoms. The number of nitrogens with one attached hydrogen (secondary N) is 1. The highest BCUT2D eigenvalue weighted by molar-refractivity contribution is 8.02. The number of rotatable bonds is 10. The molecule has 2 unspecified atom stereocenters. The fourth-order valence-corrected chi connectivity index (χ4v) is 6.40. The molecule has 2 aliphatic rings. The molecule has 12 heteroatoms. The van der Waals surface area contributed by atoms with E-state index in [1.54, 1.807) is 9.80 Å². The highest BCUT2D eigenvalue weighted by Gasteiger charge is 2.53. The molecule has 1 aromatic carbocycles. The number of carbonyl (C=O) groups is 4. The van der Waals surface area contributed by atoms with Gasteiger partial charge in [-0.25, -0.2) is 0 Å². The van der Waals surface area contributed by atoms with E-state index < -0.39 is 22.1 Å².